The molecule has 1 aromatic rings. The fraction of sp³-hybridized carbons (Fsp3) is 0.556. The summed E-state index contributed by atoms with van der Waals surface area (Å²) in [4.78, 5) is 0. The zero-order valence-corrected chi connectivity index (χ0v) is 15.2. The Kier molecular flexibility index (Phi) is 8.64. The Morgan fingerprint density at radius 1 is 1.18 bits per heavy atom. The minimum Gasteiger partial charge on any atom is -0.405 e. The highest BCUT2D eigenvalue weighted by Gasteiger charge is 2.33. The van der Waals surface area contributed by atoms with Crippen molar-refractivity contribution in [3.05, 3.63) is 42.0 Å². The minimum absolute atomic E-state index is 0.0464. The highest BCUT2D eigenvalue weighted by molar-refractivity contribution is 6.31. The van der Waals surface area contributed by atoms with Crippen LogP contribution in [0.5, 0.6) is 0 Å². The molecule has 0 aliphatic heterocycles. The van der Waals surface area contributed by atoms with Crippen LogP contribution in [0.2, 0.25) is 0 Å². The molecule has 1 rings (SSSR count). The third kappa shape index (κ3) is 5.36. The van der Waals surface area contributed by atoms with E-state index < -0.39 is 5.41 Å². The highest BCUT2D eigenvalue weighted by atomic mass is 28.2. The highest BCUT2D eigenvalue weighted by Crippen LogP contribution is 2.25. The fourth-order valence-electron chi connectivity index (χ4n) is 2.28. The zero-order valence-electron chi connectivity index (χ0n) is 14.2. The van der Waals surface area contributed by atoms with Gasteiger partial charge in [-0.25, -0.2) is 0 Å². The van der Waals surface area contributed by atoms with Gasteiger partial charge in [-0.3, -0.25) is 0 Å². The van der Waals surface area contributed by atoms with Gasteiger partial charge in [0.1, 0.15) is 0 Å². The monoisotopic (exact) mass is 320 g/mol. The number of benzene rings is 1. The van der Waals surface area contributed by atoms with Crippen molar-refractivity contribution >= 4 is 15.8 Å². The van der Waals surface area contributed by atoms with E-state index in [2.05, 4.69) is 32.6 Å². The average molecular weight is 321 g/mol. The molecule has 0 aliphatic carbocycles. The molecule has 0 aliphatic rings. The minimum atomic E-state index is -0.618. The molecule has 1 unspecified atom stereocenters. The molecule has 0 spiro atoms. The molecule has 122 valence electrons. The van der Waals surface area contributed by atoms with E-state index in [1.807, 2.05) is 32.1 Å². The van der Waals surface area contributed by atoms with Crippen LogP contribution in [0, 0.1) is 0 Å². The first-order valence-corrected chi connectivity index (χ1v) is 8.98. The molecule has 3 nitrogen and oxygen atoms in total. The van der Waals surface area contributed by atoms with Gasteiger partial charge < -0.3 is 13.9 Å². The van der Waals surface area contributed by atoms with Crippen LogP contribution in [-0.4, -0.2) is 28.4 Å². The smallest absolute Gasteiger partial charge is 0.305 e. The van der Waals surface area contributed by atoms with Gasteiger partial charge in [-0.05, 0) is 43.9 Å². The lowest BCUT2D eigenvalue weighted by atomic mass is 10.0. The number of ether oxygens (including phenoxy) is 2. The van der Waals surface area contributed by atoms with E-state index in [0.717, 1.165) is 18.4 Å². The van der Waals surface area contributed by atoms with Gasteiger partial charge in [0.25, 0.3) is 0 Å². The van der Waals surface area contributed by atoms with E-state index in [9.17, 15) is 0 Å². The lowest BCUT2D eigenvalue weighted by molar-refractivity contribution is -0.184. The van der Waals surface area contributed by atoms with Gasteiger partial charge in [-0.2, -0.15) is 0 Å². The summed E-state index contributed by atoms with van der Waals surface area (Å²) in [5, 5.41) is 0. The molecule has 0 saturated heterocycles. The number of hydrogen-bond acceptors (Lipinski definition) is 3. The molecular formula is C18H28O3Si. The first-order chi connectivity index (χ1) is 10.6. The van der Waals surface area contributed by atoms with Crippen molar-refractivity contribution in [1.82, 2.24) is 0 Å². The third-order valence-electron chi connectivity index (χ3n) is 3.47. The van der Waals surface area contributed by atoms with Crippen LogP contribution in [0.3, 0.4) is 0 Å². The largest absolute Gasteiger partial charge is 0.405 e. The number of hydrogen-bond donors (Lipinski definition) is 0. The van der Waals surface area contributed by atoms with Gasteiger partial charge in [-0.15, -0.1) is 0 Å². The molecule has 1 aromatic carbocycles. The summed E-state index contributed by atoms with van der Waals surface area (Å²) >= 11 is 0. The quantitative estimate of drug-likeness (QED) is 0.442. The summed E-state index contributed by atoms with van der Waals surface area (Å²) in [5.41, 5.74) is 1.66. The molecule has 4 heteroatoms. The van der Waals surface area contributed by atoms with Gasteiger partial charge >= 0.3 is 9.76 Å². The SMILES string of the molecule is C=Cc1cccc(C(CC)O[Si]C(CC)(OCC)OCC)c1. The summed E-state index contributed by atoms with van der Waals surface area (Å²) in [6.07, 6.45) is 3.59. The Morgan fingerprint density at radius 2 is 1.86 bits per heavy atom. The van der Waals surface area contributed by atoms with Crippen molar-refractivity contribution in [3.63, 3.8) is 0 Å². The average Bonchev–Trinajstić information content (AvgIpc) is 2.56. The summed E-state index contributed by atoms with van der Waals surface area (Å²) in [5.74, 6) is 0. The maximum Gasteiger partial charge on any atom is 0.305 e. The fourth-order valence-corrected chi connectivity index (χ4v) is 3.45. The zero-order chi connectivity index (χ0) is 16.4. The molecular weight excluding hydrogens is 292 g/mol. The summed E-state index contributed by atoms with van der Waals surface area (Å²) in [6.45, 7) is 13.2. The molecule has 0 saturated carbocycles. The van der Waals surface area contributed by atoms with Gasteiger partial charge in [-0.1, -0.05) is 44.7 Å². The predicted molar refractivity (Wildman–Crippen MR) is 92.7 cm³/mol. The molecule has 0 bridgehead atoms. The summed E-state index contributed by atoms with van der Waals surface area (Å²) < 4.78 is 17.9. The Morgan fingerprint density at radius 3 is 2.36 bits per heavy atom. The Labute approximate surface area is 137 Å². The summed E-state index contributed by atoms with van der Waals surface area (Å²) in [7, 11) is 0.147. The van der Waals surface area contributed by atoms with Crippen LogP contribution < -0.4 is 0 Å². The number of rotatable bonds is 11. The van der Waals surface area contributed by atoms with E-state index in [-0.39, 0.29) is 15.9 Å². The van der Waals surface area contributed by atoms with Crippen molar-refractivity contribution in [2.45, 2.75) is 52.1 Å². The van der Waals surface area contributed by atoms with Crippen LogP contribution in [0.1, 0.15) is 57.8 Å². The predicted octanol–water partition coefficient (Wildman–Crippen LogP) is 4.55. The Balaban J connectivity index is 2.81. The van der Waals surface area contributed by atoms with Crippen molar-refractivity contribution in [2.24, 2.45) is 0 Å². The third-order valence-corrected chi connectivity index (χ3v) is 4.82. The van der Waals surface area contributed by atoms with E-state index in [1.54, 1.807) is 0 Å². The standard InChI is InChI=1S/C18H28O3Si/c1-6-15-12-11-13-16(14-15)17(7-2)21-22-18(8-3,19-9-4)20-10-5/h6,11-14,17H,1,7-10H2,2-5H3. The van der Waals surface area contributed by atoms with Crippen LogP contribution in [-0.2, 0) is 13.9 Å². The van der Waals surface area contributed by atoms with Crippen molar-refractivity contribution < 1.29 is 13.9 Å². The van der Waals surface area contributed by atoms with Crippen molar-refractivity contribution in [3.8, 4) is 0 Å². The molecule has 0 aromatic heterocycles. The first-order valence-electron chi connectivity index (χ1n) is 8.07. The molecule has 22 heavy (non-hydrogen) atoms. The molecule has 2 radical (unpaired) electrons. The van der Waals surface area contributed by atoms with Crippen LogP contribution in [0.15, 0.2) is 30.8 Å². The van der Waals surface area contributed by atoms with Crippen LogP contribution in [0.25, 0.3) is 6.08 Å². The van der Waals surface area contributed by atoms with Crippen molar-refractivity contribution in [1.29, 1.82) is 0 Å². The van der Waals surface area contributed by atoms with Gasteiger partial charge in [0.05, 0.1) is 6.10 Å². The van der Waals surface area contributed by atoms with Gasteiger partial charge in [0.2, 0.25) is 0 Å². The second-order valence-corrected chi connectivity index (χ2v) is 6.17. The molecule has 0 N–H and O–H groups in total. The maximum absolute atomic E-state index is 6.18. The topological polar surface area (TPSA) is 27.7 Å². The van der Waals surface area contributed by atoms with E-state index >= 15 is 0 Å². The normalized spacial score (nSPS) is 13.1. The van der Waals surface area contributed by atoms with Crippen LogP contribution in [0.4, 0.5) is 0 Å². The Hall–Kier alpha value is -0.943. The van der Waals surface area contributed by atoms with Gasteiger partial charge in [0, 0.05) is 13.2 Å². The first kappa shape index (κ1) is 19.1. The van der Waals surface area contributed by atoms with E-state index in [4.69, 9.17) is 13.9 Å². The molecule has 0 fully saturated rings. The van der Waals surface area contributed by atoms with Crippen LogP contribution >= 0.6 is 0 Å². The molecule has 0 amide bonds. The van der Waals surface area contributed by atoms with Crippen molar-refractivity contribution in [2.75, 3.05) is 13.2 Å². The summed E-state index contributed by atoms with van der Waals surface area (Å²) in [6, 6.07) is 8.31. The Bertz CT molecular complexity index is 442. The second kappa shape index (κ2) is 9.95. The van der Waals surface area contributed by atoms with E-state index in [1.165, 1.54) is 5.56 Å². The van der Waals surface area contributed by atoms with Gasteiger partial charge in [0.15, 0.2) is 5.41 Å². The lowest BCUT2D eigenvalue weighted by Crippen LogP contribution is -2.43. The molecule has 0 heterocycles. The molecule has 1 atom stereocenters. The maximum atomic E-state index is 6.18. The second-order valence-electron chi connectivity index (χ2n) is 4.96. The van der Waals surface area contributed by atoms with E-state index in [0.29, 0.717) is 13.2 Å². The lowest BCUT2D eigenvalue weighted by Gasteiger charge is -2.32.